The van der Waals surface area contributed by atoms with Crippen LogP contribution in [0.3, 0.4) is 0 Å². The summed E-state index contributed by atoms with van der Waals surface area (Å²) in [6.45, 7) is 3.88. The lowest BCUT2D eigenvalue weighted by Gasteiger charge is -2.24. The fourth-order valence-corrected chi connectivity index (χ4v) is 2.06. The van der Waals surface area contributed by atoms with Crippen LogP contribution in [-0.2, 0) is 0 Å². The van der Waals surface area contributed by atoms with Gasteiger partial charge in [0, 0.05) is 6.04 Å². The third-order valence-electron chi connectivity index (χ3n) is 3.18. The Balaban J connectivity index is 2.32. The Bertz CT molecular complexity index is 615. The van der Waals surface area contributed by atoms with Gasteiger partial charge in [0.25, 0.3) is 0 Å². The third-order valence-corrected chi connectivity index (χ3v) is 3.18. The summed E-state index contributed by atoms with van der Waals surface area (Å²) < 4.78 is 6.06. The van der Waals surface area contributed by atoms with E-state index in [1.807, 2.05) is 50.2 Å². The number of nitriles is 1. The van der Waals surface area contributed by atoms with Crippen molar-refractivity contribution in [1.29, 1.82) is 5.26 Å². The molecule has 0 amide bonds. The summed E-state index contributed by atoms with van der Waals surface area (Å²) in [5.41, 5.74) is 8.66. The molecule has 0 spiro atoms. The Labute approximate surface area is 119 Å². The van der Waals surface area contributed by atoms with Crippen LogP contribution < -0.4 is 10.5 Å². The fraction of sp³-hybridized carbons (Fsp3) is 0.235. The highest BCUT2D eigenvalue weighted by Crippen LogP contribution is 2.27. The largest absolute Gasteiger partial charge is 0.484 e. The zero-order valence-electron chi connectivity index (χ0n) is 11.7. The number of rotatable bonds is 4. The molecule has 0 fully saturated rings. The number of nitrogens with zero attached hydrogens (tertiary/aromatic N) is 1. The predicted octanol–water partition coefficient (Wildman–Crippen LogP) is 3.33. The van der Waals surface area contributed by atoms with Gasteiger partial charge in [0.2, 0.25) is 0 Å². The first kappa shape index (κ1) is 14.1. The molecule has 2 aromatic carbocycles. The minimum Gasteiger partial charge on any atom is -0.484 e. The molecular formula is C17H18N2O. The lowest BCUT2D eigenvalue weighted by molar-refractivity contribution is 0.179. The third kappa shape index (κ3) is 3.17. The quantitative estimate of drug-likeness (QED) is 0.923. The van der Waals surface area contributed by atoms with Gasteiger partial charge in [-0.3, -0.25) is 0 Å². The van der Waals surface area contributed by atoms with E-state index in [9.17, 15) is 0 Å². The number of hydrogen-bond donors (Lipinski definition) is 1. The molecule has 2 aromatic rings. The second kappa shape index (κ2) is 6.23. The van der Waals surface area contributed by atoms with Crippen LogP contribution in [0.5, 0.6) is 5.75 Å². The Kier molecular flexibility index (Phi) is 4.39. The summed E-state index contributed by atoms with van der Waals surface area (Å²) in [5.74, 6) is 0.704. The van der Waals surface area contributed by atoms with Gasteiger partial charge in [-0.1, -0.05) is 36.4 Å². The molecule has 0 aliphatic rings. The van der Waals surface area contributed by atoms with Crippen LogP contribution in [-0.4, -0.2) is 6.04 Å². The van der Waals surface area contributed by atoms with E-state index in [4.69, 9.17) is 15.7 Å². The molecule has 3 nitrogen and oxygen atoms in total. The zero-order valence-corrected chi connectivity index (χ0v) is 11.7. The van der Waals surface area contributed by atoms with Gasteiger partial charge in [0.05, 0.1) is 11.6 Å². The van der Waals surface area contributed by atoms with Crippen LogP contribution in [0, 0.1) is 18.3 Å². The summed E-state index contributed by atoms with van der Waals surface area (Å²) in [4.78, 5) is 0. The average molecular weight is 266 g/mol. The summed E-state index contributed by atoms with van der Waals surface area (Å²) >= 11 is 0. The van der Waals surface area contributed by atoms with E-state index >= 15 is 0 Å². The molecule has 0 aromatic heterocycles. The van der Waals surface area contributed by atoms with Crippen molar-refractivity contribution in [2.45, 2.75) is 26.0 Å². The van der Waals surface area contributed by atoms with E-state index in [2.05, 4.69) is 6.07 Å². The van der Waals surface area contributed by atoms with Crippen LogP contribution in [0.25, 0.3) is 0 Å². The maximum atomic E-state index is 8.98. The summed E-state index contributed by atoms with van der Waals surface area (Å²) in [6.07, 6.45) is -0.233. The Morgan fingerprint density at radius 3 is 2.45 bits per heavy atom. The van der Waals surface area contributed by atoms with Gasteiger partial charge in [-0.2, -0.15) is 5.26 Å². The summed E-state index contributed by atoms with van der Waals surface area (Å²) in [7, 11) is 0. The van der Waals surface area contributed by atoms with Gasteiger partial charge >= 0.3 is 0 Å². The molecule has 102 valence electrons. The molecule has 0 aliphatic heterocycles. The van der Waals surface area contributed by atoms with Crippen molar-refractivity contribution in [2.75, 3.05) is 0 Å². The molecule has 20 heavy (non-hydrogen) atoms. The van der Waals surface area contributed by atoms with Crippen LogP contribution in [0.15, 0.2) is 48.5 Å². The molecule has 0 aliphatic carbocycles. The minimum atomic E-state index is -0.233. The van der Waals surface area contributed by atoms with E-state index in [0.29, 0.717) is 11.3 Å². The van der Waals surface area contributed by atoms with Gasteiger partial charge in [0.1, 0.15) is 11.9 Å². The highest BCUT2D eigenvalue weighted by Gasteiger charge is 2.19. The van der Waals surface area contributed by atoms with Gasteiger partial charge < -0.3 is 10.5 Å². The van der Waals surface area contributed by atoms with Crippen molar-refractivity contribution in [3.05, 3.63) is 65.2 Å². The topological polar surface area (TPSA) is 59.0 Å². The smallest absolute Gasteiger partial charge is 0.138 e. The molecule has 0 saturated carbocycles. The van der Waals surface area contributed by atoms with Gasteiger partial charge in [0.15, 0.2) is 0 Å². The van der Waals surface area contributed by atoms with Crippen molar-refractivity contribution in [3.63, 3.8) is 0 Å². The second-order valence-electron chi connectivity index (χ2n) is 4.90. The summed E-state index contributed by atoms with van der Waals surface area (Å²) in [6, 6.07) is 17.3. The molecule has 3 heteroatoms. The minimum absolute atomic E-state index is 0.150. The predicted molar refractivity (Wildman–Crippen MR) is 79.4 cm³/mol. The molecule has 2 rings (SSSR count). The van der Waals surface area contributed by atoms with E-state index in [1.54, 1.807) is 12.1 Å². The first-order chi connectivity index (χ1) is 9.61. The maximum Gasteiger partial charge on any atom is 0.138 e. The van der Waals surface area contributed by atoms with Crippen LogP contribution in [0.2, 0.25) is 0 Å². The standard InChI is InChI=1S/C17H18N2O/c1-12-8-9-14(11-18)10-16(12)20-17(13(2)19)15-6-4-3-5-7-15/h3-10,13,17H,19H2,1-2H3. The average Bonchev–Trinajstić information content (AvgIpc) is 2.47. The number of aryl methyl sites for hydroxylation is 1. The van der Waals surface area contributed by atoms with E-state index in [1.165, 1.54) is 0 Å². The van der Waals surface area contributed by atoms with Gasteiger partial charge in [-0.15, -0.1) is 0 Å². The molecule has 0 radical (unpaired) electrons. The van der Waals surface area contributed by atoms with E-state index < -0.39 is 0 Å². The van der Waals surface area contributed by atoms with Crippen molar-refractivity contribution in [2.24, 2.45) is 5.73 Å². The highest BCUT2D eigenvalue weighted by molar-refractivity contribution is 5.42. The molecule has 2 N–H and O–H groups in total. The molecule has 0 heterocycles. The molecule has 2 atom stereocenters. The van der Waals surface area contributed by atoms with Crippen LogP contribution in [0.1, 0.15) is 29.7 Å². The number of benzene rings is 2. The second-order valence-corrected chi connectivity index (χ2v) is 4.90. The fourth-order valence-electron chi connectivity index (χ4n) is 2.06. The summed E-state index contributed by atoms with van der Waals surface area (Å²) in [5, 5.41) is 8.98. The number of nitrogens with two attached hydrogens (primary N) is 1. The van der Waals surface area contributed by atoms with Gasteiger partial charge in [-0.25, -0.2) is 0 Å². The molecule has 0 saturated heterocycles. The van der Waals surface area contributed by atoms with Crippen molar-refractivity contribution >= 4 is 0 Å². The van der Waals surface area contributed by atoms with E-state index in [0.717, 1.165) is 11.1 Å². The molecule has 2 unspecified atom stereocenters. The van der Waals surface area contributed by atoms with Crippen LogP contribution in [0.4, 0.5) is 0 Å². The molecular weight excluding hydrogens is 248 g/mol. The Hall–Kier alpha value is -2.31. The van der Waals surface area contributed by atoms with Crippen molar-refractivity contribution in [3.8, 4) is 11.8 Å². The number of hydrogen-bond acceptors (Lipinski definition) is 3. The number of ether oxygens (including phenoxy) is 1. The monoisotopic (exact) mass is 266 g/mol. The SMILES string of the molecule is Cc1ccc(C#N)cc1OC(c1ccccc1)C(C)N. The van der Waals surface area contributed by atoms with Crippen molar-refractivity contribution < 1.29 is 4.74 Å². The first-order valence-electron chi connectivity index (χ1n) is 6.59. The Morgan fingerprint density at radius 2 is 1.85 bits per heavy atom. The first-order valence-corrected chi connectivity index (χ1v) is 6.59. The normalized spacial score (nSPS) is 13.3. The Morgan fingerprint density at radius 1 is 1.15 bits per heavy atom. The lowest BCUT2D eigenvalue weighted by atomic mass is 10.0. The van der Waals surface area contributed by atoms with Crippen LogP contribution >= 0.6 is 0 Å². The highest BCUT2D eigenvalue weighted by atomic mass is 16.5. The van der Waals surface area contributed by atoms with Crippen molar-refractivity contribution in [1.82, 2.24) is 0 Å². The molecule has 0 bridgehead atoms. The van der Waals surface area contributed by atoms with E-state index in [-0.39, 0.29) is 12.1 Å². The van der Waals surface area contributed by atoms with Gasteiger partial charge in [-0.05, 0) is 37.1 Å². The lowest BCUT2D eigenvalue weighted by Crippen LogP contribution is -2.29. The maximum absolute atomic E-state index is 8.98. The zero-order chi connectivity index (χ0) is 14.5.